The molecule has 19 heavy (non-hydrogen) atoms. The summed E-state index contributed by atoms with van der Waals surface area (Å²) < 4.78 is 30.2. The molecule has 0 aliphatic carbocycles. The van der Waals surface area contributed by atoms with Crippen LogP contribution in [-0.2, 0) is 14.8 Å². The summed E-state index contributed by atoms with van der Waals surface area (Å²) in [5.41, 5.74) is 0.283. The van der Waals surface area contributed by atoms with Gasteiger partial charge in [-0.25, -0.2) is 13.2 Å². The Morgan fingerprint density at radius 2 is 2.05 bits per heavy atom. The van der Waals surface area contributed by atoms with Crippen LogP contribution in [0.25, 0.3) is 10.1 Å². The first-order chi connectivity index (χ1) is 8.80. The Morgan fingerprint density at radius 1 is 1.37 bits per heavy atom. The highest BCUT2D eigenvalue weighted by Crippen LogP contribution is 2.34. The first-order valence-corrected chi connectivity index (χ1v) is 8.18. The molecule has 0 saturated heterocycles. The van der Waals surface area contributed by atoms with Gasteiger partial charge in [-0.2, -0.15) is 0 Å². The van der Waals surface area contributed by atoms with E-state index in [0.717, 1.165) is 16.3 Å². The number of nitrogens with one attached hydrogen (secondary N) is 1. The van der Waals surface area contributed by atoms with Crippen molar-refractivity contribution in [2.45, 2.75) is 0 Å². The topological polar surface area (TPSA) is 72.5 Å². The van der Waals surface area contributed by atoms with Crippen LogP contribution in [0.2, 0.25) is 5.02 Å². The zero-order valence-corrected chi connectivity index (χ0v) is 12.4. The number of esters is 1. The summed E-state index contributed by atoms with van der Waals surface area (Å²) in [7, 11) is -2.10. The van der Waals surface area contributed by atoms with E-state index in [1.807, 2.05) is 0 Å². The summed E-state index contributed by atoms with van der Waals surface area (Å²) in [6.45, 7) is 0. The first-order valence-electron chi connectivity index (χ1n) is 5.09. The number of ether oxygens (including phenoxy) is 1. The lowest BCUT2D eigenvalue weighted by atomic mass is 10.2. The van der Waals surface area contributed by atoms with E-state index in [0.29, 0.717) is 4.88 Å². The van der Waals surface area contributed by atoms with Crippen molar-refractivity contribution in [1.29, 1.82) is 0 Å². The quantitative estimate of drug-likeness (QED) is 0.883. The van der Waals surface area contributed by atoms with Crippen LogP contribution < -0.4 is 4.72 Å². The summed E-state index contributed by atoms with van der Waals surface area (Å²) in [6.07, 6.45) is 1.04. The van der Waals surface area contributed by atoms with Gasteiger partial charge in [0, 0.05) is 4.70 Å². The largest absolute Gasteiger partial charge is 0.465 e. The fourth-order valence-corrected chi connectivity index (χ4v) is 3.44. The lowest BCUT2D eigenvalue weighted by molar-refractivity contribution is 0.0606. The second-order valence-electron chi connectivity index (χ2n) is 3.85. The Hall–Kier alpha value is -1.31. The van der Waals surface area contributed by atoms with Crippen LogP contribution in [0.1, 0.15) is 9.67 Å². The van der Waals surface area contributed by atoms with Gasteiger partial charge in [0.1, 0.15) is 4.88 Å². The van der Waals surface area contributed by atoms with E-state index in [1.54, 1.807) is 18.2 Å². The smallest absolute Gasteiger partial charge is 0.348 e. The van der Waals surface area contributed by atoms with Gasteiger partial charge in [0.25, 0.3) is 0 Å². The minimum atomic E-state index is -3.41. The summed E-state index contributed by atoms with van der Waals surface area (Å²) in [6, 6.07) is 4.83. The molecule has 1 N–H and O–H groups in total. The maximum atomic E-state index is 11.4. The molecule has 2 aromatic rings. The average molecular weight is 320 g/mol. The second kappa shape index (κ2) is 4.99. The minimum Gasteiger partial charge on any atom is -0.465 e. The van der Waals surface area contributed by atoms with E-state index in [4.69, 9.17) is 11.6 Å². The molecule has 5 nitrogen and oxygen atoms in total. The summed E-state index contributed by atoms with van der Waals surface area (Å²) in [4.78, 5) is 11.9. The van der Waals surface area contributed by atoms with Crippen molar-refractivity contribution in [3.05, 3.63) is 28.1 Å². The summed E-state index contributed by atoms with van der Waals surface area (Å²) in [5.74, 6) is -0.435. The number of hydrogen-bond donors (Lipinski definition) is 1. The fourth-order valence-electron chi connectivity index (χ4n) is 1.54. The molecule has 1 aromatic heterocycles. The highest BCUT2D eigenvalue weighted by Gasteiger charge is 2.13. The molecule has 0 fully saturated rings. The van der Waals surface area contributed by atoms with E-state index in [2.05, 4.69) is 9.46 Å². The van der Waals surface area contributed by atoms with Crippen molar-refractivity contribution in [2.24, 2.45) is 0 Å². The molecule has 1 heterocycles. The Labute approximate surface area is 119 Å². The number of rotatable bonds is 3. The zero-order chi connectivity index (χ0) is 14.2. The molecular weight excluding hydrogens is 310 g/mol. The van der Waals surface area contributed by atoms with Crippen molar-refractivity contribution < 1.29 is 17.9 Å². The highest BCUT2D eigenvalue weighted by atomic mass is 35.5. The number of thiophene rings is 1. The maximum absolute atomic E-state index is 11.4. The van der Waals surface area contributed by atoms with Gasteiger partial charge in [0.15, 0.2) is 0 Å². The van der Waals surface area contributed by atoms with Gasteiger partial charge in [-0.3, -0.25) is 4.72 Å². The SMILES string of the molecule is COC(=O)c1cc2cc(NS(C)(=O)=O)c(Cl)cc2s1. The van der Waals surface area contributed by atoms with Gasteiger partial charge in [0.2, 0.25) is 10.0 Å². The molecule has 102 valence electrons. The Bertz CT molecular complexity index is 751. The molecule has 0 spiro atoms. The standard InChI is InChI=1S/C11H10ClNO4S2/c1-17-11(14)10-4-6-3-8(13-19(2,15)16)7(12)5-9(6)18-10/h3-5,13H,1-2H3. The van der Waals surface area contributed by atoms with Crippen molar-refractivity contribution in [2.75, 3.05) is 18.1 Å². The lowest BCUT2D eigenvalue weighted by Gasteiger charge is -2.05. The number of sulfonamides is 1. The second-order valence-corrected chi connectivity index (χ2v) is 7.09. The van der Waals surface area contributed by atoms with E-state index in [1.165, 1.54) is 18.4 Å². The van der Waals surface area contributed by atoms with Crippen LogP contribution in [0.15, 0.2) is 18.2 Å². The molecule has 0 atom stereocenters. The van der Waals surface area contributed by atoms with Crippen molar-refractivity contribution in [3.8, 4) is 0 Å². The summed E-state index contributed by atoms with van der Waals surface area (Å²) in [5, 5.41) is 0.997. The van der Waals surface area contributed by atoms with Crippen molar-refractivity contribution in [3.63, 3.8) is 0 Å². The number of hydrogen-bond acceptors (Lipinski definition) is 5. The van der Waals surface area contributed by atoms with Crippen LogP contribution in [0.5, 0.6) is 0 Å². The Morgan fingerprint density at radius 3 is 2.63 bits per heavy atom. The maximum Gasteiger partial charge on any atom is 0.348 e. The normalized spacial score (nSPS) is 11.5. The molecule has 0 aliphatic rings. The van der Waals surface area contributed by atoms with E-state index in [9.17, 15) is 13.2 Å². The molecule has 0 radical (unpaired) electrons. The number of benzene rings is 1. The third-order valence-electron chi connectivity index (χ3n) is 2.29. The summed E-state index contributed by atoms with van der Waals surface area (Å²) >= 11 is 7.23. The molecule has 0 aliphatic heterocycles. The highest BCUT2D eigenvalue weighted by molar-refractivity contribution is 7.92. The Balaban J connectivity index is 2.53. The number of carbonyl (C=O) groups excluding carboxylic acids is 1. The number of anilines is 1. The molecule has 8 heteroatoms. The third kappa shape index (κ3) is 3.17. The van der Waals surface area contributed by atoms with E-state index in [-0.39, 0.29) is 10.7 Å². The third-order valence-corrected chi connectivity index (χ3v) is 4.27. The van der Waals surface area contributed by atoms with Crippen LogP contribution in [0, 0.1) is 0 Å². The predicted octanol–water partition coefficient (Wildman–Crippen LogP) is 2.71. The van der Waals surface area contributed by atoms with Gasteiger partial charge < -0.3 is 4.74 Å². The molecule has 0 bridgehead atoms. The zero-order valence-electron chi connectivity index (χ0n) is 10.1. The van der Waals surface area contributed by atoms with Crippen molar-refractivity contribution in [1.82, 2.24) is 0 Å². The van der Waals surface area contributed by atoms with Gasteiger partial charge >= 0.3 is 5.97 Å². The first kappa shape index (κ1) is 14.1. The average Bonchev–Trinajstić information content (AvgIpc) is 2.69. The molecule has 1 aromatic carbocycles. The lowest BCUT2D eigenvalue weighted by Crippen LogP contribution is -2.09. The minimum absolute atomic E-state index is 0.274. The molecule has 0 amide bonds. The molecule has 0 saturated carbocycles. The van der Waals surface area contributed by atoms with Gasteiger partial charge in [-0.15, -0.1) is 11.3 Å². The number of methoxy groups -OCH3 is 1. The van der Waals surface area contributed by atoms with Gasteiger partial charge in [-0.05, 0) is 23.6 Å². The molecule has 2 rings (SSSR count). The predicted molar refractivity (Wildman–Crippen MR) is 76.6 cm³/mol. The van der Waals surface area contributed by atoms with Gasteiger partial charge in [0.05, 0.1) is 24.1 Å². The number of halogens is 1. The number of fused-ring (bicyclic) bond motifs is 1. The van der Waals surface area contributed by atoms with Crippen LogP contribution in [-0.4, -0.2) is 27.8 Å². The monoisotopic (exact) mass is 319 g/mol. The van der Waals surface area contributed by atoms with Crippen LogP contribution in [0.4, 0.5) is 5.69 Å². The Kier molecular flexibility index (Phi) is 3.71. The van der Waals surface area contributed by atoms with Crippen molar-refractivity contribution >= 4 is 54.7 Å². The number of carbonyl (C=O) groups is 1. The van der Waals surface area contributed by atoms with Crippen LogP contribution in [0.3, 0.4) is 0 Å². The van der Waals surface area contributed by atoms with Crippen LogP contribution >= 0.6 is 22.9 Å². The molecule has 0 unspecified atom stereocenters. The van der Waals surface area contributed by atoms with Gasteiger partial charge in [-0.1, -0.05) is 11.6 Å². The van der Waals surface area contributed by atoms with E-state index >= 15 is 0 Å². The van der Waals surface area contributed by atoms with E-state index < -0.39 is 16.0 Å². The molecular formula is C11H10ClNO4S2. The fraction of sp³-hybridized carbons (Fsp3) is 0.182.